The third-order valence-electron chi connectivity index (χ3n) is 3.92. The highest BCUT2D eigenvalue weighted by atomic mass is 16.5. The molecule has 0 fully saturated rings. The van der Waals surface area contributed by atoms with Crippen molar-refractivity contribution in [1.82, 2.24) is 0 Å². The van der Waals surface area contributed by atoms with E-state index >= 15 is 0 Å². The molecule has 1 amide bonds. The van der Waals surface area contributed by atoms with E-state index in [0.717, 1.165) is 17.7 Å². The van der Waals surface area contributed by atoms with E-state index in [1.807, 2.05) is 31.2 Å². The number of fused-ring (bicyclic) bond motifs is 1. The summed E-state index contributed by atoms with van der Waals surface area (Å²) in [4.78, 5) is 26.0. The lowest BCUT2D eigenvalue weighted by atomic mass is 10.2. The Morgan fingerprint density at radius 1 is 1.08 bits per heavy atom. The SMILES string of the molecule is CCOc1ccc(C(=O)OCC(=O)N2CCc3ccccc32)cc1. The van der Waals surface area contributed by atoms with Crippen LogP contribution in [0.5, 0.6) is 5.75 Å². The topological polar surface area (TPSA) is 55.8 Å². The lowest BCUT2D eigenvalue weighted by Crippen LogP contribution is -2.33. The van der Waals surface area contributed by atoms with Crippen LogP contribution in [0.1, 0.15) is 22.8 Å². The first-order chi connectivity index (χ1) is 11.7. The number of anilines is 1. The minimum atomic E-state index is -0.515. The first kappa shape index (κ1) is 16.1. The molecule has 0 saturated carbocycles. The number of benzene rings is 2. The van der Waals surface area contributed by atoms with Gasteiger partial charge in [-0.15, -0.1) is 0 Å². The Morgan fingerprint density at radius 2 is 1.83 bits per heavy atom. The molecule has 0 saturated heterocycles. The second kappa shape index (κ2) is 7.17. The summed E-state index contributed by atoms with van der Waals surface area (Å²) in [6.45, 7) is 2.82. The zero-order valence-electron chi connectivity index (χ0n) is 13.5. The van der Waals surface area contributed by atoms with E-state index in [9.17, 15) is 9.59 Å². The van der Waals surface area contributed by atoms with Crippen LogP contribution in [0, 0.1) is 0 Å². The fourth-order valence-electron chi connectivity index (χ4n) is 2.74. The second-order valence-electron chi connectivity index (χ2n) is 5.46. The van der Waals surface area contributed by atoms with Crippen molar-refractivity contribution in [3.63, 3.8) is 0 Å². The number of hydrogen-bond acceptors (Lipinski definition) is 4. The van der Waals surface area contributed by atoms with E-state index in [-0.39, 0.29) is 12.5 Å². The molecule has 5 heteroatoms. The number of amides is 1. The third-order valence-corrected chi connectivity index (χ3v) is 3.92. The molecular weight excluding hydrogens is 306 g/mol. The summed E-state index contributed by atoms with van der Waals surface area (Å²) in [6, 6.07) is 14.4. The molecule has 0 aliphatic carbocycles. The molecule has 24 heavy (non-hydrogen) atoms. The van der Waals surface area contributed by atoms with Gasteiger partial charge in [0, 0.05) is 12.2 Å². The Labute approximate surface area is 140 Å². The minimum absolute atomic E-state index is 0.209. The number of ether oxygens (including phenoxy) is 2. The number of carbonyl (C=O) groups excluding carboxylic acids is 2. The normalized spacial score (nSPS) is 12.6. The summed E-state index contributed by atoms with van der Waals surface area (Å²) >= 11 is 0. The summed E-state index contributed by atoms with van der Waals surface area (Å²) < 4.78 is 10.5. The van der Waals surface area contributed by atoms with Crippen LogP contribution in [0.3, 0.4) is 0 Å². The van der Waals surface area contributed by atoms with Gasteiger partial charge in [0.2, 0.25) is 0 Å². The van der Waals surface area contributed by atoms with Crippen molar-refractivity contribution in [1.29, 1.82) is 0 Å². The van der Waals surface area contributed by atoms with Gasteiger partial charge in [0.05, 0.1) is 12.2 Å². The molecule has 3 rings (SSSR count). The number of rotatable bonds is 5. The first-order valence-corrected chi connectivity index (χ1v) is 7.97. The maximum absolute atomic E-state index is 12.3. The van der Waals surface area contributed by atoms with Gasteiger partial charge in [0.15, 0.2) is 6.61 Å². The van der Waals surface area contributed by atoms with Crippen molar-refractivity contribution >= 4 is 17.6 Å². The molecule has 124 valence electrons. The van der Waals surface area contributed by atoms with Crippen LogP contribution in [0.2, 0.25) is 0 Å². The molecule has 2 aromatic rings. The molecule has 1 aliphatic rings. The number of nitrogens with zero attached hydrogens (tertiary/aromatic N) is 1. The van der Waals surface area contributed by atoms with Gasteiger partial charge in [0.25, 0.3) is 5.91 Å². The van der Waals surface area contributed by atoms with E-state index in [4.69, 9.17) is 9.47 Å². The van der Waals surface area contributed by atoms with Gasteiger partial charge < -0.3 is 14.4 Å². The van der Waals surface area contributed by atoms with E-state index in [2.05, 4.69) is 0 Å². The van der Waals surface area contributed by atoms with Crippen molar-refractivity contribution in [3.8, 4) is 5.75 Å². The van der Waals surface area contributed by atoms with Gasteiger partial charge in [-0.2, -0.15) is 0 Å². The Balaban J connectivity index is 1.57. The van der Waals surface area contributed by atoms with Crippen molar-refractivity contribution in [2.75, 3.05) is 24.7 Å². The maximum Gasteiger partial charge on any atom is 0.338 e. The Morgan fingerprint density at radius 3 is 2.58 bits per heavy atom. The largest absolute Gasteiger partial charge is 0.494 e. The highest BCUT2D eigenvalue weighted by molar-refractivity contribution is 5.98. The van der Waals surface area contributed by atoms with Crippen LogP contribution >= 0.6 is 0 Å². The Hall–Kier alpha value is -2.82. The van der Waals surface area contributed by atoms with E-state index in [0.29, 0.717) is 24.5 Å². The Kier molecular flexibility index (Phi) is 4.79. The summed E-state index contributed by atoms with van der Waals surface area (Å²) in [5, 5.41) is 0. The van der Waals surface area contributed by atoms with Gasteiger partial charge in [-0.3, -0.25) is 4.79 Å². The van der Waals surface area contributed by atoms with Crippen molar-refractivity contribution < 1.29 is 19.1 Å². The van der Waals surface area contributed by atoms with Crippen molar-refractivity contribution in [2.45, 2.75) is 13.3 Å². The van der Waals surface area contributed by atoms with Crippen LogP contribution in [0.4, 0.5) is 5.69 Å². The van der Waals surface area contributed by atoms with E-state index < -0.39 is 5.97 Å². The lowest BCUT2D eigenvalue weighted by Gasteiger charge is -2.17. The molecule has 0 aromatic heterocycles. The molecule has 5 nitrogen and oxygen atoms in total. The molecule has 0 atom stereocenters. The molecule has 0 radical (unpaired) electrons. The predicted molar refractivity (Wildman–Crippen MR) is 90.4 cm³/mol. The molecule has 0 unspecified atom stereocenters. The smallest absolute Gasteiger partial charge is 0.338 e. The fourth-order valence-corrected chi connectivity index (χ4v) is 2.74. The highest BCUT2D eigenvalue weighted by Gasteiger charge is 2.24. The number of para-hydroxylation sites is 1. The molecular formula is C19H19NO4. The standard InChI is InChI=1S/C19H19NO4/c1-2-23-16-9-7-15(8-10-16)19(22)24-13-18(21)20-12-11-14-5-3-4-6-17(14)20/h3-10H,2,11-13H2,1H3. The van der Waals surface area contributed by atoms with Crippen LogP contribution in [-0.2, 0) is 16.0 Å². The molecule has 1 heterocycles. The summed E-state index contributed by atoms with van der Waals surface area (Å²) in [6.07, 6.45) is 0.828. The van der Waals surface area contributed by atoms with Crippen molar-refractivity contribution in [2.24, 2.45) is 0 Å². The van der Waals surface area contributed by atoms with Crippen LogP contribution in [-0.4, -0.2) is 31.6 Å². The summed E-state index contributed by atoms with van der Waals surface area (Å²) in [5.74, 6) is -0.0306. The van der Waals surface area contributed by atoms with Gasteiger partial charge >= 0.3 is 5.97 Å². The average Bonchev–Trinajstić information content (AvgIpc) is 3.04. The number of esters is 1. The van der Waals surface area contributed by atoms with Crippen LogP contribution in [0.15, 0.2) is 48.5 Å². The third kappa shape index (κ3) is 3.40. The van der Waals surface area contributed by atoms with Crippen LogP contribution in [0.25, 0.3) is 0 Å². The monoisotopic (exact) mass is 325 g/mol. The predicted octanol–water partition coefficient (Wildman–Crippen LogP) is 2.83. The highest BCUT2D eigenvalue weighted by Crippen LogP contribution is 2.27. The molecule has 0 bridgehead atoms. The minimum Gasteiger partial charge on any atom is -0.494 e. The molecule has 0 N–H and O–H groups in total. The zero-order chi connectivity index (χ0) is 16.9. The Bertz CT molecular complexity index is 739. The van der Waals surface area contributed by atoms with Gasteiger partial charge in [-0.1, -0.05) is 18.2 Å². The van der Waals surface area contributed by atoms with Gasteiger partial charge in [-0.25, -0.2) is 4.79 Å². The quantitative estimate of drug-likeness (QED) is 0.793. The average molecular weight is 325 g/mol. The van der Waals surface area contributed by atoms with Crippen LogP contribution < -0.4 is 9.64 Å². The van der Waals surface area contributed by atoms with Gasteiger partial charge in [0.1, 0.15) is 5.75 Å². The number of hydrogen-bond donors (Lipinski definition) is 0. The first-order valence-electron chi connectivity index (χ1n) is 7.97. The molecule has 0 spiro atoms. The fraction of sp³-hybridized carbons (Fsp3) is 0.263. The van der Waals surface area contributed by atoms with Gasteiger partial charge in [-0.05, 0) is 49.2 Å². The summed E-state index contributed by atoms with van der Waals surface area (Å²) in [7, 11) is 0. The summed E-state index contributed by atoms with van der Waals surface area (Å²) in [5.41, 5.74) is 2.44. The maximum atomic E-state index is 12.3. The second-order valence-corrected chi connectivity index (χ2v) is 5.46. The molecule has 1 aliphatic heterocycles. The zero-order valence-corrected chi connectivity index (χ0v) is 13.5. The number of carbonyl (C=O) groups is 2. The lowest BCUT2D eigenvalue weighted by molar-refractivity contribution is -0.121. The molecule has 2 aromatic carbocycles. The van der Waals surface area contributed by atoms with E-state index in [1.165, 1.54) is 0 Å². The van der Waals surface area contributed by atoms with Crippen molar-refractivity contribution in [3.05, 3.63) is 59.7 Å². The van der Waals surface area contributed by atoms with E-state index in [1.54, 1.807) is 29.2 Å².